The molecule has 1 atom stereocenters. The summed E-state index contributed by atoms with van der Waals surface area (Å²) in [5, 5.41) is 2.71. The highest BCUT2D eigenvalue weighted by atomic mass is 35.5. The molecule has 0 aliphatic carbocycles. The number of piperidine rings is 1. The summed E-state index contributed by atoms with van der Waals surface area (Å²) < 4.78 is 25.9. The highest BCUT2D eigenvalue weighted by Crippen LogP contribution is 2.30. The van der Waals surface area contributed by atoms with Crippen LogP contribution < -0.4 is 16.6 Å². The van der Waals surface area contributed by atoms with Gasteiger partial charge in [-0.1, -0.05) is 0 Å². The fourth-order valence-corrected chi connectivity index (χ4v) is 1.21. The molecule has 0 radical (unpaired) electrons. The molecule has 4 nitrogen and oxygen atoms in total. The molecule has 0 saturated carbocycles. The summed E-state index contributed by atoms with van der Waals surface area (Å²) in [5.41, 5.74) is 1.73. The topological polar surface area (TPSA) is 67.1 Å². The molecule has 0 spiro atoms. The highest BCUT2D eigenvalue weighted by Gasteiger charge is 2.45. The van der Waals surface area contributed by atoms with Gasteiger partial charge in [0.1, 0.15) is 5.92 Å². The number of alkyl halides is 2. The second-order valence-electron chi connectivity index (χ2n) is 2.78. The summed E-state index contributed by atoms with van der Waals surface area (Å²) >= 11 is 0. The minimum absolute atomic E-state index is 0. The molecule has 1 saturated heterocycles. The average Bonchev–Trinajstić information content (AvgIpc) is 2.02. The summed E-state index contributed by atoms with van der Waals surface area (Å²) in [6.45, 7) is 0.220. The maximum Gasteiger partial charge on any atom is 0.262 e. The first kappa shape index (κ1) is 12.5. The SMILES string of the molecule is Cl.NNC(=O)C1CNCCC1(F)F. The van der Waals surface area contributed by atoms with Crippen LogP contribution in [0.5, 0.6) is 0 Å². The quantitative estimate of drug-likeness (QED) is 0.318. The van der Waals surface area contributed by atoms with Crippen LogP contribution in [-0.2, 0) is 4.79 Å². The summed E-state index contributed by atoms with van der Waals surface area (Å²) in [6, 6.07) is 0. The molecule has 7 heteroatoms. The van der Waals surface area contributed by atoms with Gasteiger partial charge in [-0.05, 0) is 0 Å². The molecule has 1 heterocycles. The van der Waals surface area contributed by atoms with Gasteiger partial charge < -0.3 is 5.32 Å². The fraction of sp³-hybridized carbons (Fsp3) is 0.833. The lowest BCUT2D eigenvalue weighted by Gasteiger charge is -2.30. The van der Waals surface area contributed by atoms with Crippen molar-refractivity contribution in [1.29, 1.82) is 0 Å². The molecule has 0 aromatic carbocycles. The molecule has 0 aromatic heterocycles. The lowest BCUT2D eigenvalue weighted by molar-refractivity contribution is -0.143. The van der Waals surface area contributed by atoms with E-state index < -0.39 is 17.7 Å². The molecule has 1 fully saturated rings. The van der Waals surface area contributed by atoms with Crippen LogP contribution in [0.4, 0.5) is 8.78 Å². The Morgan fingerprint density at radius 2 is 2.23 bits per heavy atom. The molecule has 1 aliphatic rings. The third-order valence-corrected chi connectivity index (χ3v) is 1.95. The van der Waals surface area contributed by atoms with Gasteiger partial charge in [0.2, 0.25) is 5.91 Å². The van der Waals surface area contributed by atoms with Crippen LogP contribution in [0, 0.1) is 5.92 Å². The zero-order chi connectivity index (χ0) is 9.19. The Balaban J connectivity index is 0.00000144. The Kier molecular flexibility index (Phi) is 4.52. The van der Waals surface area contributed by atoms with Crippen LogP contribution in [0.1, 0.15) is 6.42 Å². The number of nitrogens with one attached hydrogen (secondary N) is 2. The van der Waals surface area contributed by atoms with Crippen LogP contribution in [0.25, 0.3) is 0 Å². The third kappa shape index (κ3) is 2.75. The van der Waals surface area contributed by atoms with E-state index in [1.54, 1.807) is 5.43 Å². The second kappa shape index (κ2) is 4.69. The number of hydrogen-bond donors (Lipinski definition) is 3. The first-order valence-corrected chi connectivity index (χ1v) is 3.67. The number of nitrogens with two attached hydrogens (primary N) is 1. The van der Waals surface area contributed by atoms with Gasteiger partial charge in [0, 0.05) is 19.5 Å². The van der Waals surface area contributed by atoms with Gasteiger partial charge in [0.25, 0.3) is 5.92 Å². The van der Waals surface area contributed by atoms with Gasteiger partial charge >= 0.3 is 0 Å². The van der Waals surface area contributed by atoms with Crippen molar-refractivity contribution in [2.24, 2.45) is 11.8 Å². The first-order chi connectivity index (χ1) is 5.58. The largest absolute Gasteiger partial charge is 0.315 e. The van der Waals surface area contributed by atoms with Crippen molar-refractivity contribution in [3.8, 4) is 0 Å². The Morgan fingerprint density at radius 1 is 1.62 bits per heavy atom. The van der Waals surface area contributed by atoms with E-state index in [9.17, 15) is 13.6 Å². The Bertz CT molecular complexity index is 191. The van der Waals surface area contributed by atoms with Crippen LogP contribution in [-0.4, -0.2) is 24.9 Å². The van der Waals surface area contributed by atoms with Gasteiger partial charge in [-0.15, -0.1) is 12.4 Å². The summed E-state index contributed by atoms with van der Waals surface area (Å²) in [6.07, 6.45) is -0.314. The van der Waals surface area contributed by atoms with Crippen molar-refractivity contribution in [1.82, 2.24) is 10.7 Å². The van der Waals surface area contributed by atoms with E-state index in [-0.39, 0.29) is 31.9 Å². The minimum atomic E-state index is -2.94. The normalized spacial score (nSPS) is 25.9. The first-order valence-electron chi connectivity index (χ1n) is 3.67. The van der Waals surface area contributed by atoms with E-state index in [1.165, 1.54) is 0 Å². The van der Waals surface area contributed by atoms with Crippen LogP contribution >= 0.6 is 12.4 Å². The van der Waals surface area contributed by atoms with Crippen molar-refractivity contribution in [2.75, 3.05) is 13.1 Å². The van der Waals surface area contributed by atoms with Gasteiger partial charge in [0.15, 0.2) is 0 Å². The van der Waals surface area contributed by atoms with Crippen molar-refractivity contribution in [3.05, 3.63) is 0 Å². The Labute approximate surface area is 80.6 Å². The van der Waals surface area contributed by atoms with Crippen LogP contribution in [0.3, 0.4) is 0 Å². The predicted molar refractivity (Wildman–Crippen MR) is 45.5 cm³/mol. The number of hydrogen-bond acceptors (Lipinski definition) is 3. The number of carbonyl (C=O) groups is 1. The highest BCUT2D eigenvalue weighted by molar-refractivity contribution is 5.85. The van der Waals surface area contributed by atoms with Gasteiger partial charge in [0.05, 0.1) is 0 Å². The monoisotopic (exact) mass is 215 g/mol. The number of hydrazine groups is 1. The van der Waals surface area contributed by atoms with Crippen molar-refractivity contribution in [2.45, 2.75) is 12.3 Å². The number of rotatable bonds is 1. The van der Waals surface area contributed by atoms with E-state index in [0.717, 1.165) is 0 Å². The standard InChI is InChI=1S/C6H11F2N3O.ClH/c7-6(8)1-2-10-3-4(6)5(12)11-9;/h4,10H,1-3,9H2,(H,11,12);1H. The summed E-state index contributed by atoms with van der Waals surface area (Å²) in [5.74, 6) is -0.322. The second-order valence-corrected chi connectivity index (χ2v) is 2.78. The van der Waals surface area contributed by atoms with E-state index in [1.807, 2.05) is 0 Å². The number of carbonyl (C=O) groups excluding carboxylic acids is 1. The summed E-state index contributed by atoms with van der Waals surface area (Å²) in [4.78, 5) is 10.8. The Morgan fingerprint density at radius 3 is 2.69 bits per heavy atom. The lowest BCUT2D eigenvalue weighted by Crippen LogP contribution is -2.53. The molecule has 0 aromatic rings. The van der Waals surface area contributed by atoms with Gasteiger partial charge in [-0.25, -0.2) is 14.6 Å². The smallest absolute Gasteiger partial charge is 0.262 e. The molecular formula is C6H12ClF2N3O. The maximum atomic E-state index is 12.9. The molecule has 13 heavy (non-hydrogen) atoms. The molecule has 4 N–H and O–H groups in total. The molecule has 78 valence electrons. The molecule has 1 rings (SSSR count). The molecular weight excluding hydrogens is 204 g/mol. The zero-order valence-corrected chi connectivity index (χ0v) is 7.66. The average molecular weight is 216 g/mol. The summed E-state index contributed by atoms with van der Waals surface area (Å²) in [7, 11) is 0. The van der Waals surface area contributed by atoms with E-state index >= 15 is 0 Å². The van der Waals surface area contributed by atoms with E-state index in [2.05, 4.69) is 5.32 Å². The maximum absolute atomic E-state index is 12.9. The Hall–Kier alpha value is -0.460. The lowest BCUT2D eigenvalue weighted by atomic mass is 9.94. The molecule has 1 unspecified atom stereocenters. The van der Waals surface area contributed by atoms with Crippen LogP contribution in [0.2, 0.25) is 0 Å². The van der Waals surface area contributed by atoms with Crippen molar-refractivity contribution >= 4 is 18.3 Å². The fourth-order valence-electron chi connectivity index (χ4n) is 1.21. The molecule has 0 bridgehead atoms. The third-order valence-electron chi connectivity index (χ3n) is 1.95. The van der Waals surface area contributed by atoms with Crippen molar-refractivity contribution < 1.29 is 13.6 Å². The van der Waals surface area contributed by atoms with Crippen LogP contribution in [0.15, 0.2) is 0 Å². The van der Waals surface area contributed by atoms with Gasteiger partial charge in [-0.2, -0.15) is 0 Å². The molecule has 1 aliphatic heterocycles. The zero-order valence-electron chi connectivity index (χ0n) is 6.85. The molecule has 1 amide bonds. The van der Waals surface area contributed by atoms with Crippen molar-refractivity contribution in [3.63, 3.8) is 0 Å². The van der Waals surface area contributed by atoms with E-state index in [4.69, 9.17) is 5.84 Å². The van der Waals surface area contributed by atoms with Gasteiger partial charge in [-0.3, -0.25) is 10.2 Å². The predicted octanol–water partition coefficient (Wildman–Crippen LogP) is -0.357. The van der Waals surface area contributed by atoms with E-state index in [0.29, 0.717) is 0 Å². The number of amides is 1. The minimum Gasteiger partial charge on any atom is -0.315 e. The number of halogens is 3.